The summed E-state index contributed by atoms with van der Waals surface area (Å²) in [5.41, 5.74) is 5.04. The Balaban J connectivity index is 1.73. The summed E-state index contributed by atoms with van der Waals surface area (Å²) in [6.07, 6.45) is 0. The van der Waals surface area contributed by atoms with Crippen molar-refractivity contribution < 1.29 is 9.53 Å². The molecule has 2 N–H and O–H groups in total. The first kappa shape index (κ1) is 20.3. The largest absolute Gasteiger partial charge is 0.497 e. The van der Waals surface area contributed by atoms with Gasteiger partial charge in [0, 0.05) is 11.8 Å². The summed E-state index contributed by atoms with van der Waals surface area (Å²) in [4.78, 5) is 20.4. The van der Waals surface area contributed by atoms with Gasteiger partial charge in [-0.05, 0) is 35.1 Å². The van der Waals surface area contributed by atoms with Crippen LogP contribution in [0.3, 0.4) is 0 Å². The number of carbonyl (C=O) groups excluding carboxylic acids is 1. The highest BCUT2D eigenvalue weighted by Gasteiger charge is 2.16. The molecule has 0 aliphatic heterocycles. The van der Waals surface area contributed by atoms with E-state index in [-0.39, 0.29) is 5.91 Å². The molecule has 1 amide bonds. The Kier molecular flexibility index (Phi) is 6.29. The first-order valence-corrected chi connectivity index (χ1v) is 10.5. The Hall–Kier alpha value is -2.47. The van der Waals surface area contributed by atoms with Crippen molar-refractivity contribution in [2.75, 3.05) is 18.2 Å². The molecule has 2 aromatic carbocycles. The molecule has 3 aromatic rings. The number of anilines is 1. The predicted octanol–water partition coefficient (Wildman–Crippen LogP) is 5.55. The Labute approximate surface area is 170 Å². The molecule has 148 valence electrons. The summed E-state index contributed by atoms with van der Waals surface area (Å²) < 4.78 is 5.24. The Bertz CT molecular complexity index is 953. The number of aromatic nitrogens is 2. The van der Waals surface area contributed by atoms with Crippen LogP contribution in [0.2, 0.25) is 0 Å². The van der Waals surface area contributed by atoms with Crippen LogP contribution in [0.5, 0.6) is 5.75 Å². The van der Waals surface area contributed by atoms with Gasteiger partial charge in [-0.15, -0.1) is 0 Å². The minimum absolute atomic E-state index is 0.0296. The summed E-state index contributed by atoms with van der Waals surface area (Å²) >= 11 is 1.40. The fourth-order valence-corrected chi connectivity index (χ4v) is 3.85. The molecule has 0 unspecified atom stereocenters. The van der Waals surface area contributed by atoms with Gasteiger partial charge in [-0.3, -0.25) is 4.79 Å². The number of hydrogen-bond donors (Lipinski definition) is 2. The van der Waals surface area contributed by atoms with Crippen molar-refractivity contribution in [3.63, 3.8) is 0 Å². The zero-order valence-corrected chi connectivity index (χ0v) is 17.8. The van der Waals surface area contributed by atoms with Crippen LogP contribution in [0.25, 0.3) is 11.0 Å². The predicted molar refractivity (Wildman–Crippen MR) is 117 cm³/mol. The lowest BCUT2D eigenvalue weighted by Crippen LogP contribution is -2.17. The number of methoxy groups -OCH3 is 1. The van der Waals surface area contributed by atoms with Crippen molar-refractivity contribution in [2.24, 2.45) is 0 Å². The van der Waals surface area contributed by atoms with Crippen LogP contribution in [0.4, 0.5) is 5.69 Å². The fraction of sp³-hybridized carbons (Fsp3) is 0.364. The SMILES string of the molecule is COc1ccc2nc(SCC(=O)Nc3c(C(C)C)cccc3C(C)C)[nH]c2c1. The second-order valence-electron chi connectivity index (χ2n) is 7.38. The number of imidazole rings is 1. The highest BCUT2D eigenvalue weighted by Crippen LogP contribution is 2.32. The number of aromatic amines is 1. The Morgan fingerprint density at radius 2 is 1.82 bits per heavy atom. The third-order valence-electron chi connectivity index (χ3n) is 4.64. The number of carbonyl (C=O) groups is 1. The zero-order valence-electron chi connectivity index (χ0n) is 17.0. The van der Waals surface area contributed by atoms with Gasteiger partial charge in [0.1, 0.15) is 5.75 Å². The monoisotopic (exact) mass is 397 g/mol. The number of hydrogen-bond acceptors (Lipinski definition) is 4. The summed E-state index contributed by atoms with van der Waals surface area (Å²) in [6.45, 7) is 8.58. The van der Waals surface area contributed by atoms with E-state index in [0.29, 0.717) is 17.6 Å². The average molecular weight is 398 g/mol. The maximum absolute atomic E-state index is 12.7. The zero-order chi connectivity index (χ0) is 20.3. The van der Waals surface area contributed by atoms with Gasteiger partial charge in [-0.1, -0.05) is 57.7 Å². The minimum Gasteiger partial charge on any atom is -0.497 e. The van der Waals surface area contributed by atoms with Crippen LogP contribution in [0.15, 0.2) is 41.6 Å². The van der Waals surface area contributed by atoms with Gasteiger partial charge in [0.25, 0.3) is 0 Å². The molecule has 1 heterocycles. The average Bonchev–Trinajstić information content (AvgIpc) is 3.08. The first-order chi connectivity index (χ1) is 13.4. The topological polar surface area (TPSA) is 67.0 Å². The lowest BCUT2D eigenvalue weighted by molar-refractivity contribution is -0.113. The number of fused-ring (bicyclic) bond motifs is 1. The number of rotatable bonds is 7. The molecule has 0 saturated heterocycles. The number of amides is 1. The third kappa shape index (κ3) is 4.50. The summed E-state index contributed by atoms with van der Waals surface area (Å²) in [5.74, 6) is 1.72. The van der Waals surface area contributed by atoms with Crippen LogP contribution < -0.4 is 10.1 Å². The van der Waals surface area contributed by atoms with E-state index in [4.69, 9.17) is 4.74 Å². The quantitative estimate of drug-likeness (QED) is 0.513. The van der Waals surface area contributed by atoms with E-state index in [2.05, 4.69) is 61.2 Å². The van der Waals surface area contributed by atoms with Crippen LogP contribution in [-0.4, -0.2) is 28.7 Å². The molecule has 0 bridgehead atoms. The number of thioether (sulfide) groups is 1. The molecular weight excluding hydrogens is 370 g/mol. The summed E-state index contributed by atoms with van der Waals surface area (Å²) in [7, 11) is 1.64. The van der Waals surface area contributed by atoms with Gasteiger partial charge < -0.3 is 15.0 Å². The summed E-state index contributed by atoms with van der Waals surface area (Å²) in [6, 6.07) is 11.9. The molecule has 6 heteroatoms. The molecule has 0 aliphatic carbocycles. The van der Waals surface area contributed by atoms with Crippen molar-refractivity contribution in [3.8, 4) is 5.75 Å². The molecule has 0 radical (unpaired) electrons. The molecule has 5 nitrogen and oxygen atoms in total. The van der Waals surface area contributed by atoms with Crippen molar-refractivity contribution in [2.45, 2.75) is 44.7 Å². The van der Waals surface area contributed by atoms with Crippen molar-refractivity contribution >= 4 is 34.4 Å². The van der Waals surface area contributed by atoms with Crippen molar-refractivity contribution in [1.82, 2.24) is 9.97 Å². The molecule has 0 saturated carbocycles. The first-order valence-electron chi connectivity index (χ1n) is 9.48. The number of benzene rings is 2. The van der Waals surface area contributed by atoms with E-state index in [0.717, 1.165) is 27.6 Å². The van der Waals surface area contributed by atoms with Crippen LogP contribution in [0.1, 0.15) is 50.7 Å². The highest BCUT2D eigenvalue weighted by molar-refractivity contribution is 7.99. The molecule has 0 fully saturated rings. The highest BCUT2D eigenvalue weighted by atomic mass is 32.2. The molecule has 3 rings (SSSR count). The maximum atomic E-state index is 12.7. The fourth-order valence-electron chi connectivity index (χ4n) is 3.17. The Morgan fingerprint density at radius 1 is 1.14 bits per heavy atom. The second kappa shape index (κ2) is 8.69. The van der Waals surface area contributed by atoms with Gasteiger partial charge in [0.2, 0.25) is 5.91 Å². The van der Waals surface area contributed by atoms with E-state index < -0.39 is 0 Å². The minimum atomic E-state index is -0.0296. The second-order valence-corrected chi connectivity index (χ2v) is 8.35. The van der Waals surface area contributed by atoms with Gasteiger partial charge >= 0.3 is 0 Å². The Morgan fingerprint density at radius 3 is 2.43 bits per heavy atom. The number of nitrogens with zero attached hydrogens (tertiary/aromatic N) is 1. The smallest absolute Gasteiger partial charge is 0.234 e. The van der Waals surface area contributed by atoms with E-state index in [9.17, 15) is 4.79 Å². The van der Waals surface area contributed by atoms with Gasteiger partial charge in [-0.25, -0.2) is 4.98 Å². The molecule has 0 atom stereocenters. The third-order valence-corrected chi connectivity index (χ3v) is 5.52. The molecular formula is C22H27N3O2S. The van der Waals surface area contributed by atoms with E-state index in [1.165, 1.54) is 22.9 Å². The van der Waals surface area contributed by atoms with Crippen LogP contribution >= 0.6 is 11.8 Å². The number of para-hydroxylation sites is 1. The number of nitrogens with one attached hydrogen (secondary N) is 2. The lowest BCUT2D eigenvalue weighted by atomic mass is 9.92. The van der Waals surface area contributed by atoms with E-state index in [1.807, 2.05) is 18.2 Å². The molecule has 0 aliphatic rings. The van der Waals surface area contributed by atoms with Gasteiger partial charge in [0.15, 0.2) is 5.16 Å². The number of H-pyrrole nitrogens is 1. The van der Waals surface area contributed by atoms with Gasteiger partial charge in [0.05, 0.1) is 23.9 Å². The number of ether oxygens (including phenoxy) is 1. The summed E-state index contributed by atoms with van der Waals surface area (Å²) in [5, 5.41) is 3.86. The van der Waals surface area contributed by atoms with Crippen molar-refractivity contribution in [3.05, 3.63) is 47.5 Å². The lowest BCUT2D eigenvalue weighted by Gasteiger charge is -2.20. The van der Waals surface area contributed by atoms with Crippen molar-refractivity contribution in [1.29, 1.82) is 0 Å². The molecule has 28 heavy (non-hydrogen) atoms. The van der Waals surface area contributed by atoms with E-state index in [1.54, 1.807) is 7.11 Å². The van der Waals surface area contributed by atoms with E-state index >= 15 is 0 Å². The molecule has 1 aromatic heterocycles. The van der Waals surface area contributed by atoms with Crippen LogP contribution in [-0.2, 0) is 4.79 Å². The molecule has 0 spiro atoms. The van der Waals surface area contributed by atoms with Gasteiger partial charge in [-0.2, -0.15) is 0 Å². The normalized spacial score (nSPS) is 11.4. The van der Waals surface area contributed by atoms with Crippen LogP contribution in [0, 0.1) is 0 Å². The standard InChI is InChI=1S/C22H27N3O2S/c1-13(2)16-7-6-8-17(14(3)4)21(16)25-20(26)12-28-22-23-18-10-9-15(27-5)11-19(18)24-22/h6-11,13-14H,12H2,1-5H3,(H,23,24)(H,25,26). The maximum Gasteiger partial charge on any atom is 0.234 e.